The molecular formula is C16H27NO4. The quantitative estimate of drug-likeness (QED) is 0.780. The summed E-state index contributed by atoms with van der Waals surface area (Å²) in [5.74, 6) is -0.0464. The molecule has 5 nitrogen and oxygen atoms in total. The second-order valence-electron chi connectivity index (χ2n) is 6.82. The second kappa shape index (κ2) is 7.48. The van der Waals surface area contributed by atoms with Crippen LogP contribution in [-0.2, 0) is 9.53 Å². The van der Waals surface area contributed by atoms with Crippen LogP contribution < -0.4 is 5.32 Å². The molecule has 120 valence electrons. The van der Waals surface area contributed by atoms with E-state index in [2.05, 4.69) is 5.32 Å². The van der Waals surface area contributed by atoms with Crippen LogP contribution in [0.25, 0.3) is 0 Å². The molecule has 0 bridgehead atoms. The molecule has 0 saturated heterocycles. The predicted octanol–water partition coefficient (Wildman–Crippen LogP) is 3.35. The van der Waals surface area contributed by atoms with Crippen LogP contribution >= 0.6 is 0 Å². The van der Waals surface area contributed by atoms with Crippen LogP contribution in [-0.4, -0.2) is 29.3 Å². The zero-order chi connectivity index (χ0) is 16.0. The van der Waals surface area contributed by atoms with Crippen LogP contribution in [0.5, 0.6) is 0 Å². The summed E-state index contributed by atoms with van der Waals surface area (Å²) in [6, 6.07) is 0. The van der Waals surface area contributed by atoms with Gasteiger partial charge in [0.1, 0.15) is 5.60 Å². The maximum atomic E-state index is 11.6. The molecule has 1 fully saturated rings. The van der Waals surface area contributed by atoms with E-state index in [-0.39, 0.29) is 6.09 Å². The number of aliphatic carboxylic acids is 1. The van der Waals surface area contributed by atoms with Crippen LogP contribution in [0.2, 0.25) is 0 Å². The molecule has 0 heterocycles. The molecule has 0 aromatic carbocycles. The lowest BCUT2D eigenvalue weighted by Crippen LogP contribution is -2.36. The van der Waals surface area contributed by atoms with E-state index in [1.54, 1.807) is 6.92 Å². The molecule has 0 unspecified atom stereocenters. The van der Waals surface area contributed by atoms with Crippen LogP contribution in [0.1, 0.15) is 53.4 Å². The van der Waals surface area contributed by atoms with Crippen molar-refractivity contribution in [3.05, 3.63) is 11.6 Å². The van der Waals surface area contributed by atoms with Gasteiger partial charge in [0.05, 0.1) is 0 Å². The Labute approximate surface area is 126 Å². The lowest BCUT2D eigenvalue weighted by molar-refractivity contribution is -0.132. The van der Waals surface area contributed by atoms with Crippen molar-refractivity contribution in [1.82, 2.24) is 5.32 Å². The summed E-state index contributed by atoms with van der Waals surface area (Å²) in [7, 11) is 0. The van der Waals surface area contributed by atoms with Crippen molar-refractivity contribution in [1.29, 1.82) is 0 Å². The lowest BCUT2D eigenvalue weighted by Gasteiger charge is -2.27. The van der Waals surface area contributed by atoms with Gasteiger partial charge < -0.3 is 15.2 Å². The number of nitrogens with one attached hydrogen (secondary N) is 1. The fourth-order valence-corrected chi connectivity index (χ4v) is 2.53. The molecule has 2 N–H and O–H groups in total. The molecule has 1 amide bonds. The highest BCUT2D eigenvalue weighted by atomic mass is 16.6. The fraction of sp³-hybridized carbons (Fsp3) is 0.750. The smallest absolute Gasteiger partial charge is 0.407 e. The molecule has 0 aliphatic heterocycles. The third kappa shape index (κ3) is 7.16. The maximum absolute atomic E-state index is 11.6. The number of alkyl carbamates (subject to hydrolysis) is 1. The molecule has 0 aromatic heterocycles. The van der Waals surface area contributed by atoms with Crippen LogP contribution in [0.4, 0.5) is 4.79 Å². The molecule has 0 radical (unpaired) electrons. The van der Waals surface area contributed by atoms with Crippen molar-refractivity contribution in [3.8, 4) is 0 Å². The first-order chi connectivity index (χ1) is 9.67. The standard InChI is InChI=1S/C16H27NO4/c1-11(14(18)19)9-12-5-7-13(8-6-12)10-17-15(20)21-16(2,3)4/h9,12-13H,5-8,10H2,1-4H3,(H,17,20)(H,18,19)/b11-9-. The number of hydrogen-bond donors (Lipinski definition) is 2. The van der Waals surface area contributed by atoms with Gasteiger partial charge in [-0.05, 0) is 65.2 Å². The average molecular weight is 297 g/mol. The first-order valence-corrected chi connectivity index (χ1v) is 7.56. The predicted molar refractivity (Wildman–Crippen MR) is 81.1 cm³/mol. The highest BCUT2D eigenvalue weighted by Crippen LogP contribution is 2.30. The van der Waals surface area contributed by atoms with E-state index in [0.717, 1.165) is 25.7 Å². The van der Waals surface area contributed by atoms with Gasteiger partial charge in [0.15, 0.2) is 0 Å². The molecule has 1 aliphatic carbocycles. The molecular weight excluding hydrogens is 270 g/mol. The summed E-state index contributed by atoms with van der Waals surface area (Å²) in [4.78, 5) is 22.4. The molecule has 0 atom stereocenters. The van der Waals surface area contributed by atoms with Gasteiger partial charge in [0, 0.05) is 12.1 Å². The van der Waals surface area contributed by atoms with Crippen molar-refractivity contribution >= 4 is 12.1 Å². The average Bonchev–Trinajstić information content (AvgIpc) is 2.35. The highest BCUT2D eigenvalue weighted by Gasteiger charge is 2.22. The molecule has 1 aliphatic rings. The van der Waals surface area contributed by atoms with Crippen molar-refractivity contribution < 1.29 is 19.4 Å². The Morgan fingerprint density at radius 1 is 1.24 bits per heavy atom. The Hall–Kier alpha value is -1.52. The normalized spacial score (nSPS) is 23.5. The number of ether oxygens (including phenoxy) is 1. The van der Waals surface area contributed by atoms with Gasteiger partial charge in [0.25, 0.3) is 0 Å². The van der Waals surface area contributed by atoms with Gasteiger partial charge in [-0.2, -0.15) is 0 Å². The van der Waals surface area contributed by atoms with E-state index in [1.165, 1.54) is 0 Å². The van der Waals surface area contributed by atoms with Crippen LogP contribution in [0, 0.1) is 11.8 Å². The molecule has 1 rings (SSSR count). The van der Waals surface area contributed by atoms with E-state index in [0.29, 0.717) is 24.0 Å². The molecule has 21 heavy (non-hydrogen) atoms. The minimum Gasteiger partial charge on any atom is -0.478 e. The summed E-state index contributed by atoms with van der Waals surface area (Å²) in [5.41, 5.74) is -0.0497. The van der Waals surface area contributed by atoms with E-state index < -0.39 is 11.6 Å². The lowest BCUT2D eigenvalue weighted by atomic mass is 9.81. The number of carbonyl (C=O) groups is 2. The van der Waals surface area contributed by atoms with Gasteiger partial charge in [-0.1, -0.05) is 6.08 Å². The summed E-state index contributed by atoms with van der Waals surface area (Å²) < 4.78 is 5.20. The van der Waals surface area contributed by atoms with Gasteiger partial charge in [0.2, 0.25) is 0 Å². The maximum Gasteiger partial charge on any atom is 0.407 e. The van der Waals surface area contributed by atoms with Gasteiger partial charge in [-0.3, -0.25) is 0 Å². The molecule has 5 heteroatoms. The van der Waals surface area contributed by atoms with Crippen molar-refractivity contribution in [2.24, 2.45) is 11.8 Å². The largest absolute Gasteiger partial charge is 0.478 e. The number of amides is 1. The van der Waals surface area contributed by atoms with E-state index >= 15 is 0 Å². The highest BCUT2D eigenvalue weighted by molar-refractivity contribution is 5.85. The van der Waals surface area contributed by atoms with Crippen molar-refractivity contribution in [2.45, 2.75) is 59.0 Å². The number of hydrogen-bond acceptors (Lipinski definition) is 3. The van der Waals surface area contributed by atoms with E-state index in [1.807, 2.05) is 26.8 Å². The molecule has 0 spiro atoms. The number of rotatable bonds is 4. The third-order valence-electron chi connectivity index (χ3n) is 3.65. The number of carboxylic acid groups (broad SMARTS) is 1. The Balaban J connectivity index is 2.29. The first kappa shape index (κ1) is 17.5. The summed E-state index contributed by atoms with van der Waals surface area (Å²) in [6.07, 6.45) is 5.45. The molecule has 0 aromatic rings. The first-order valence-electron chi connectivity index (χ1n) is 7.56. The Kier molecular flexibility index (Phi) is 6.24. The Bertz CT molecular complexity index is 401. The fourth-order valence-electron chi connectivity index (χ4n) is 2.53. The number of allylic oxidation sites excluding steroid dienone is 1. The zero-order valence-electron chi connectivity index (χ0n) is 13.4. The summed E-state index contributed by atoms with van der Waals surface area (Å²) in [6.45, 7) is 7.79. The third-order valence-corrected chi connectivity index (χ3v) is 3.65. The topological polar surface area (TPSA) is 75.6 Å². The molecule has 1 saturated carbocycles. The summed E-state index contributed by atoms with van der Waals surface area (Å²) >= 11 is 0. The monoisotopic (exact) mass is 297 g/mol. The number of carbonyl (C=O) groups excluding carboxylic acids is 1. The van der Waals surface area contributed by atoms with Gasteiger partial charge >= 0.3 is 12.1 Å². The van der Waals surface area contributed by atoms with Crippen LogP contribution in [0.3, 0.4) is 0 Å². The Morgan fingerprint density at radius 3 is 2.29 bits per heavy atom. The second-order valence-corrected chi connectivity index (χ2v) is 6.82. The zero-order valence-corrected chi connectivity index (χ0v) is 13.4. The van der Waals surface area contributed by atoms with Crippen LogP contribution in [0.15, 0.2) is 11.6 Å². The minimum atomic E-state index is -0.844. The van der Waals surface area contributed by atoms with Gasteiger partial charge in [-0.25, -0.2) is 9.59 Å². The summed E-state index contributed by atoms with van der Waals surface area (Å²) in [5, 5.41) is 11.7. The van der Waals surface area contributed by atoms with Gasteiger partial charge in [-0.15, -0.1) is 0 Å². The minimum absolute atomic E-state index is 0.346. The SMILES string of the molecule is C/C(=C/C1CCC(CNC(=O)OC(C)(C)C)CC1)C(=O)O. The van der Waals surface area contributed by atoms with Crippen molar-refractivity contribution in [3.63, 3.8) is 0 Å². The van der Waals surface area contributed by atoms with E-state index in [4.69, 9.17) is 9.84 Å². The number of carboxylic acids is 1. The Morgan fingerprint density at radius 2 is 1.81 bits per heavy atom. The van der Waals surface area contributed by atoms with Crippen molar-refractivity contribution in [2.75, 3.05) is 6.54 Å². The van der Waals surface area contributed by atoms with E-state index in [9.17, 15) is 9.59 Å².